The van der Waals surface area contributed by atoms with Crippen LogP contribution in [-0.2, 0) is 6.54 Å². The number of aromatic nitrogens is 1. The van der Waals surface area contributed by atoms with Crippen LogP contribution in [0.25, 0.3) is 10.9 Å². The molecule has 0 saturated carbocycles. The first-order valence-electron chi connectivity index (χ1n) is 9.26. The van der Waals surface area contributed by atoms with Crippen LogP contribution < -0.4 is 10.5 Å². The fraction of sp³-hybridized carbons (Fsp3) is 0.0833. The molecule has 0 atom stereocenters. The van der Waals surface area contributed by atoms with E-state index in [1.54, 1.807) is 10.6 Å². The van der Waals surface area contributed by atoms with Crippen molar-refractivity contribution in [3.63, 3.8) is 0 Å². The highest BCUT2D eigenvalue weighted by Crippen LogP contribution is 2.35. The van der Waals surface area contributed by atoms with Crippen molar-refractivity contribution < 1.29 is 4.79 Å². The molecule has 0 radical (unpaired) electrons. The molecule has 4 nitrogen and oxygen atoms in total. The van der Waals surface area contributed by atoms with Crippen LogP contribution in [0, 0.1) is 0 Å². The van der Waals surface area contributed by atoms with Gasteiger partial charge in [-0.1, -0.05) is 42.5 Å². The molecule has 1 heterocycles. The third-order valence-electron chi connectivity index (χ3n) is 4.84. The topological polar surface area (TPSA) is 42.3 Å². The lowest BCUT2D eigenvalue weighted by atomic mass is 10.1. The van der Waals surface area contributed by atoms with Crippen LogP contribution in [0.1, 0.15) is 17.3 Å². The number of carbonyl (C=O) groups excluding carboxylic acids is 1. The summed E-state index contributed by atoms with van der Waals surface area (Å²) < 4.78 is 1.65. The molecular weight excluding hydrogens is 348 g/mol. The Hall–Kier alpha value is -3.66. The summed E-state index contributed by atoms with van der Waals surface area (Å²) in [6.45, 7) is 2.41. The molecule has 4 heteroatoms. The highest BCUT2D eigenvalue weighted by atomic mass is 16.1. The van der Waals surface area contributed by atoms with E-state index in [-0.39, 0.29) is 11.1 Å². The van der Waals surface area contributed by atoms with E-state index in [0.29, 0.717) is 12.8 Å². The van der Waals surface area contributed by atoms with Crippen LogP contribution in [0.4, 0.5) is 17.1 Å². The highest BCUT2D eigenvalue weighted by molar-refractivity contribution is 5.90. The Labute approximate surface area is 163 Å². The molecule has 0 unspecified atom stereocenters. The number of benzene rings is 3. The number of hydrogen-bond acceptors (Lipinski definition) is 3. The first-order chi connectivity index (χ1) is 13.7. The SMILES string of the molecule is CCn1c(=O)c(C=O)cc2ccc(N(c3ccccc3)c3ccccc3)cc21. The molecule has 3 aromatic carbocycles. The number of fused-ring (bicyclic) bond motifs is 1. The van der Waals surface area contributed by atoms with Gasteiger partial charge in [-0.2, -0.15) is 0 Å². The second-order valence-corrected chi connectivity index (χ2v) is 6.52. The van der Waals surface area contributed by atoms with Crippen molar-refractivity contribution in [2.45, 2.75) is 13.5 Å². The molecule has 0 amide bonds. The van der Waals surface area contributed by atoms with Gasteiger partial charge >= 0.3 is 0 Å². The lowest BCUT2D eigenvalue weighted by Gasteiger charge is -2.26. The maximum atomic E-state index is 12.6. The molecule has 0 aliphatic rings. The zero-order chi connectivity index (χ0) is 19.5. The molecule has 0 spiro atoms. The zero-order valence-corrected chi connectivity index (χ0v) is 15.6. The van der Waals surface area contributed by atoms with Crippen LogP contribution in [-0.4, -0.2) is 10.9 Å². The van der Waals surface area contributed by atoms with E-state index in [2.05, 4.69) is 29.2 Å². The van der Waals surface area contributed by atoms with E-state index in [1.807, 2.05) is 61.5 Å². The van der Waals surface area contributed by atoms with Gasteiger partial charge in [-0.05, 0) is 54.8 Å². The van der Waals surface area contributed by atoms with Gasteiger partial charge in [0, 0.05) is 23.6 Å². The molecule has 1 aromatic heterocycles. The summed E-state index contributed by atoms with van der Waals surface area (Å²) in [5.41, 5.74) is 3.75. The molecule has 0 bridgehead atoms. The number of aryl methyl sites for hydroxylation is 1. The monoisotopic (exact) mass is 368 g/mol. The third kappa shape index (κ3) is 3.09. The van der Waals surface area contributed by atoms with Crippen molar-refractivity contribution >= 4 is 34.3 Å². The largest absolute Gasteiger partial charge is 0.310 e. The quantitative estimate of drug-likeness (QED) is 0.449. The van der Waals surface area contributed by atoms with Gasteiger partial charge in [0.2, 0.25) is 0 Å². The summed E-state index contributed by atoms with van der Waals surface area (Å²) in [4.78, 5) is 26.0. The Kier molecular flexibility index (Phi) is 4.77. The van der Waals surface area contributed by atoms with Gasteiger partial charge in [0.1, 0.15) is 0 Å². The predicted molar refractivity (Wildman–Crippen MR) is 114 cm³/mol. The molecule has 0 N–H and O–H groups in total. The van der Waals surface area contributed by atoms with Gasteiger partial charge in [0.15, 0.2) is 6.29 Å². The van der Waals surface area contributed by atoms with Gasteiger partial charge < -0.3 is 9.47 Å². The van der Waals surface area contributed by atoms with E-state index in [0.717, 1.165) is 28.0 Å². The molecule has 0 saturated heterocycles. The average molecular weight is 368 g/mol. The minimum absolute atomic E-state index is 0.185. The molecule has 0 fully saturated rings. The van der Waals surface area contributed by atoms with Gasteiger partial charge in [-0.25, -0.2) is 0 Å². The summed E-state index contributed by atoms with van der Waals surface area (Å²) in [6, 6.07) is 27.9. The summed E-state index contributed by atoms with van der Waals surface area (Å²) in [6.07, 6.45) is 0.627. The fourth-order valence-electron chi connectivity index (χ4n) is 3.52. The first kappa shape index (κ1) is 17.7. The number of anilines is 3. The number of para-hydroxylation sites is 2. The Balaban J connectivity index is 1.97. The number of pyridine rings is 1. The zero-order valence-electron chi connectivity index (χ0n) is 15.6. The van der Waals surface area contributed by atoms with E-state index in [9.17, 15) is 9.59 Å². The Morgan fingerprint density at radius 2 is 1.43 bits per heavy atom. The predicted octanol–water partition coefficient (Wildman–Crippen LogP) is 5.30. The van der Waals surface area contributed by atoms with Crippen LogP contribution in [0.5, 0.6) is 0 Å². The van der Waals surface area contributed by atoms with E-state index in [4.69, 9.17) is 0 Å². The summed E-state index contributed by atoms with van der Waals surface area (Å²) >= 11 is 0. The van der Waals surface area contributed by atoms with E-state index < -0.39 is 0 Å². The van der Waals surface area contributed by atoms with Crippen LogP contribution >= 0.6 is 0 Å². The van der Waals surface area contributed by atoms with Crippen molar-refractivity contribution in [3.05, 3.63) is 101 Å². The van der Waals surface area contributed by atoms with Crippen molar-refractivity contribution in [1.29, 1.82) is 0 Å². The maximum absolute atomic E-state index is 12.6. The third-order valence-corrected chi connectivity index (χ3v) is 4.84. The smallest absolute Gasteiger partial charge is 0.261 e. The standard InChI is InChI=1S/C24H20N2O2/c1-2-25-23-16-22(14-13-18(23)15-19(17-27)24(25)28)26(20-9-5-3-6-10-20)21-11-7-4-8-12-21/h3-17H,2H2,1H3. The summed E-state index contributed by atoms with van der Waals surface area (Å²) in [5.74, 6) is 0. The first-order valence-corrected chi connectivity index (χ1v) is 9.26. The maximum Gasteiger partial charge on any atom is 0.261 e. The van der Waals surface area contributed by atoms with Crippen molar-refractivity contribution in [3.8, 4) is 0 Å². The molecule has 0 aliphatic carbocycles. The van der Waals surface area contributed by atoms with Crippen LogP contribution in [0.2, 0.25) is 0 Å². The average Bonchev–Trinajstić information content (AvgIpc) is 2.75. The Morgan fingerprint density at radius 3 is 1.96 bits per heavy atom. The minimum atomic E-state index is -0.256. The second-order valence-electron chi connectivity index (χ2n) is 6.52. The number of nitrogens with zero attached hydrogens (tertiary/aromatic N) is 2. The van der Waals surface area contributed by atoms with Gasteiger partial charge in [0.25, 0.3) is 5.56 Å². The molecule has 0 aliphatic heterocycles. The molecule has 28 heavy (non-hydrogen) atoms. The van der Waals surface area contributed by atoms with E-state index >= 15 is 0 Å². The molecule has 138 valence electrons. The Bertz CT molecular complexity index is 1140. The van der Waals surface area contributed by atoms with E-state index in [1.165, 1.54) is 0 Å². The number of aldehydes is 1. The Morgan fingerprint density at radius 1 is 0.821 bits per heavy atom. The number of rotatable bonds is 5. The van der Waals surface area contributed by atoms with Crippen molar-refractivity contribution in [2.24, 2.45) is 0 Å². The lowest BCUT2D eigenvalue weighted by Crippen LogP contribution is -2.23. The molecule has 4 aromatic rings. The number of hydrogen-bond donors (Lipinski definition) is 0. The van der Waals surface area contributed by atoms with Gasteiger partial charge in [-0.3, -0.25) is 9.59 Å². The second kappa shape index (κ2) is 7.53. The summed E-state index contributed by atoms with van der Waals surface area (Å²) in [5, 5.41) is 0.869. The van der Waals surface area contributed by atoms with Crippen molar-refractivity contribution in [2.75, 3.05) is 4.90 Å². The van der Waals surface area contributed by atoms with Crippen molar-refractivity contribution in [1.82, 2.24) is 4.57 Å². The van der Waals surface area contributed by atoms with Crippen LogP contribution in [0.15, 0.2) is 89.7 Å². The number of carbonyl (C=O) groups is 1. The van der Waals surface area contributed by atoms with Crippen LogP contribution in [0.3, 0.4) is 0 Å². The normalized spacial score (nSPS) is 10.8. The molecular formula is C24H20N2O2. The fourth-order valence-corrected chi connectivity index (χ4v) is 3.52. The molecule has 4 rings (SSSR count). The lowest BCUT2D eigenvalue weighted by molar-refractivity contribution is 0.112. The van der Waals surface area contributed by atoms with Gasteiger partial charge in [-0.15, -0.1) is 0 Å². The minimum Gasteiger partial charge on any atom is -0.310 e. The van der Waals surface area contributed by atoms with Gasteiger partial charge in [0.05, 0.1) is 11.1 Å². The highest BCUT2D eigenvalue weighted by Gasteiger charge is 2.14. The summed E-state index contributed by atoms with van der Waals surface area (Å²) in [7, 11) is 0.